The first-order valence-corrected chi connectivity index (χ1v) is 5.10. The van der Waals surface area contributed by atoms with Crippen LogP contribution in [0.25, 0.3) is 0 Å². The monoisotopic (exact) mass is 242 g/mol. The predicted molar refractivity (Wildman–Crippen MR) is 55.3 cm³/mol. The molecule has 1 aliphatic rings. The second-order valence-corrected chi connectivity index (χ2v) is 3.89. The molecule has 0 bridgehead atoms. The summed E-state index contributed by atoms with van der Waals surface area (Å²) in [7, 11) is 0. The van der Waals surface area contributed by atoms with Crippen molar-refractivity contribution in [2.75, 3.05) is 18.5 Å². The molecule has 13 heavy (non-hydrogen) atoms. The molecule has 0 atom stereocenters. The smallest absolute Gasteiger partial charge is 0.237 e. The van der Waals surface area contributed by atoms with Gasteiger partial charge in [-0.25, -0.2) is 4.98 Å². The summed E-state index contributed by atoms with van der Waals surface area (Å²) in [6.07, 6.45) is 2.80. The molecule has 2 heterocycles. The minimum atomic E-state index is 0.721. The first-order chi connectivity index (χ1) is 6.29. The van der Waals surface area contributed by atoms with Gasteiger partial charge in [-0.15, -0.1) is 0 Å². The number of pyridine rings is 1. The van der Waals surface area contributed by atoms with Gasteiger partial charge in [0.15, 0.2) is 0 Å². The quantitative estimate of drug-likeness (QED) is 0.759. The predicted octanol–water partition coefficient (Wildman–Crippen LogP) is 2.35. The van der Waals surface area contributed by atoms with E-state index in [9.17, 15) is 0 Å². The highest BCUT2D eigenvalue weighted by Crippen LogP contribution is 2.31. The molecule has 4 heteroatoms. The van der Waals surface area contributed by atoms with Gasteiger partial charge in [0.2, 0.25) is 5.88 Å². The number of rotatable bonds is 0. The molecule has 1 aromatic rings. The Morgan fingerprint density at radius 1 is 1.62 bits per heavy atom. The lowest BCUT2D eigenvalue weighted by Gasteiger charge is -2.10. The zero-order valence-electron chi connectivity index (χ0n) is 7.43. The molecule has 0 saturated heterocycles. The van der Waals surface area contributed by atoms with E-state index in [-0.39, 0.29) is 0 Å². The Hall–Kier alpha value is -0.770. The van der Waals surface area contributed by atoms with Gasteiger partial charge >= 0.3 is 0 Å². The molecular formula is C9H11BrN2O. The van der Waals surface area contributed by atoms with Gasteiger partial charge in [-0.3, -0.25) is 0 Å². The Balaban J connectivity index is 2.48. The molecule has 1 aliphatic heterocycles. The third-order valence-corrected chi connectivity index (χ3v) is 2.90. The van der Waals surface area contributed by atoms with Gasteiger partial charge in [0, 0.05) is 17.2 Å². The van der Waals surface area contributed by atoms with Crippen molar-refractivity contribution in [3.63, 3.8) is 0 Å². The standard InChI is InChI=1S/C9H11BrN2O/c1-6-7(10)5-12-9-8(6)11-3-2-4-13-9/h5,11H,2-4H2,1H3. The Morgan fingerprint density at radius 2 is 2.46 bits per heavy atom. The first kappa shape index (κ1) is 8.81. The van der Waals surface area contributed by atoms with Crippen LogP contribution in [0.1, 0.15) is 12.0 Å². The Labute approximate surface area is 85.6 Å². The maximum Gasteiger partial charge on any atom is 0.237 e. The van der Waals surface area contributed by atoms with Gasteiger partial charge in [-0.2, -0.15) is 0 Å². The summed E-state index contributed by atoms with van der Waals surface area (Å²) in [5.41, 5.74) is 2.18. The Kier molecular flexibility index (Phi) is 2.40. The van der Waals surface area contributed by atoms with Crippen LogP contribution >= 0.6 is 15.9 Å². The summed E-state index contributed by atoms with van der Waals surface area (Å²) in [6, 6.07) is 0. The number of aromatic nitrogens is 1. The van der Waals surface area contributed by atoms with E-state index in [1.807, 2.05) is 6.92 Å². The highest BCUT2D eigenvalue weighted by molar-refractivity contribution is 9.10. The van der Waals surface area contributed by atoms with Crippen LogP contribution in [0.15, 0.2) is 10.7 Å². The van der Waals surface area contributed by atoms with Gasteiger partial charge in [-0.1, -0.05) is 0 Å². The SMILES string of the molecule is Cc1c(Br)cnc2c1NCCCO2. The highest BCUT2D eigenvalue weighted by atomic mass is 79.9. The molecule has 0 fully saturated rings. The van der Waals surface area contributed by atoms with Crippen molar-refractivity contribution in [2.24, 2.45) is 0 Å². The number of ether oxygens (including phenoxy) is 1. The lowest BCUT2D eigenvalue weighted by molar-refractivity contribution is 0.311. The molecule has 0 radical (unpaired) electrons. The summed E-state index contributed by atoms with van der Waals surface area (Å²) in [5.74, 6) is 0.721. The maximum absolute atomic E-state index is 5.49. The second kappa shape index (κ2) is 3.54. The van der Waals surface area contributed by atoms with Crippen molar-refractivity contribution < 1.29 is 4.74 Å². The van der Waals surface area contributed by atoms with Crippen molar-refractivity contribution in [1.82, 2.24) is 4.98 Å². The number of nitrogens with zero attached hydrogens (tertiary/aromatic N) is 1. The number of hydrogen-bond acceptors (Lipinski definition) is 3. The lowest BCUT2D eigenvalue weighted by atomic mass is 10.2. The fourth-order valence-electron chi connectivity index (χ4n) is 1.33. The van der Waals surface area contributed by atoms with Crippen LogP contribution in [0.2, 0.25) is 0 Å². The number of anilines is 1. The Bertz CT molecular complexity index is 328. The summed E-state index contributed by atoms with van der Waals surface area (Å²) in [5, 5.41) is 3.32. The first-order valence-electron chi connectivity index (χ1n) is 4.31. The molecule has 70 valence electrons. The zero-order chi connectivity index (χ0) is 9.26. The van der Waals surface area contributed by atoms with Crippen LogP contribution in [0.4, 0.5) is 5.69 Å². The van der Waals surface area contributed by atoms with Gasteiger partial charge in [0.25, 0.3) is 0 Å². The van der Waals surface area contributed by atoms with Gasteiger partial charge < -0.3 is 10.1 Å². The van der Waals surface area contributed by atoms with E-state index in [1.54, 1.807) is 6.20 Å². The number of halogens is 1. The van der Waals surface area contributed by atoms with E-state index in [4.69, 9.17) is 4.74 Å². The largest absolute Gasteiger partial charge is 0.476 e. The molecule has 0 aliphatic carbocycles. The van der Waals surface area contributed by atoms with E-state index in [2.05, 4.69) is 26.2 Å². The fourth-order valence-corrected chi connectivity index (χ4v) is 1.63. The van der Waals surface area contributed by atoms with Crippen molar-refractivity contribution in [1.29, 1.82) is 0 Å². The van der Waals surface area contributed by atoms with Crippen molar-refractivity contribution in [3.05, 3.63) is 16.2 Å². The zero-order valence-corrected chi connectivity index (χ0v) is 9.02. The van der Waals surface area contributed by atoms with Crippen LogP contribution in [-0.4, -0.2) is 18.1 Å². The highest BCUT2D eigenvalue weighted by Gasteiger charge is 2.13. The fraction of sp³-hybridized carbons (Fsp3) is 0.444. The van der Waals surface area contributed by atoms with Crippen molar-refractivity contribution >= 4 is 21.6 Å². The van der Waals surface area contributed by atoms with Crippen molar-refractivity contribution in [2.45, 2.75) is 13.3 Å². The molecule has 0 amide bonds. The maximum atomic E-state index is 5.49. The van der Waals surface area contributed by atoms with E-state index >= 15 is 0 Å². The summed E-state index contributed by atoms with van der Waals surface area (Å²) in [4.78, 5) is 4.21. The van der Waals surface area contributed by atoms with E-state index in [1.165, 1.54) is 0 Å². The molecule has 0 saturated carbocycles. The molecular weight excluding hydrogens is 232 g/mol. The van der Waals surface area contributed by atoms with Crippen LogP contribution in [0.5, 0.6) is 5.88 Å². The average molecular weight is 243 g/mol. The van der Waals surface area contributed by atoms with Crippen LogP contribution in [-0.2, 0) is 0 Å². The molecule has 1 aromatic heterocycles. The minimum absolute atomic E-state index is 0.721. The summed E-state index contributed by atoms with van der Waals surface area (Å²) in [6.45, 7) is 3.74. The van der Waals surface area contributed by atoms with E-state index < -0.39 is 0 Å². The molecule has 2 rings (SSSR count). The van der Waals surface area contributed by atoms with Gasteiger partial charge in [0.05, 0.1) is 6.61 Å². The second-order valence-electron chi connectivity index (χ2n) is 3.04. The van der Waals surface area contributed by atoms with Gasteiger partial charge in [0.1, 0.15) is 5.69 Å². The summed E-state index contributed by atoms with van der Waals surface area (Å²) < 4.78 is 6.51. The van der Waals surface area contributed by atoms with E-state index in [0.717, 1.165) is 41.2 Å². The molecule has 0 aromatic carbocycles. The van der Waals surface area contributed by atoms with E-state index in [0.29, 0.717) is 0 Å². The Morgan fingerprint density at radius 3 is 3.31 bits per heavy atom. The average Bonchev–Trinajstić information content (AvgIpc) is 2.36. The topological polar surface area (TPSA) is 34.2 Å². The normalized spacial score (nSPS) is 15.2. The molecule has 3 nitrogen and oxygen atoms in total. The van der Waals surface area contributed by atoms with Crippen LogP contribution in [0.3, 0.4) is 0 Å². The molecule has 1 N–H and O–H groups in total. The number of hydrogen-bond donors (Lipinski definition) is 1. The van der Waals surface area contributed by atoms with Crippen LogP contribution in [0, 0.1) is 6.92 Å². The summed E-state index contributed by atoms with van der Waals surface area (Å²) >= 11 is 3.44. The van der Waals surface area contributed by atoms with Gasteiger partial charge in [-0.05, 0) is 34.8 Å². The number of fused-ring (bicyclic) bond motifs is 1. The van der Waals surface area contributed by atoms with Crippen molar-refractivity contribution in [3.8, 4) is 5.88 Å². The minimum Gasteiger partial charge on any atom is -0.476 e. The third kappa shape index (κ3) is 1.63. The molecule has 0 spiro atoms. The third-order valence-electron chi connectivity index (χ3n) is 2.10. The number of nitrogens with one attached hydrogen (secondary N) is 1. The lowest BCUT2D eigenvalue weighted by Crippen LogP contribution is -2.01. The molecule has 0 unspecified atom stereocenters. The van der Waals surface area contributed by atoms with Crippen LogP contribution < -0.4 is 10.1 Å².